The van der Waals surface area contributed by atoms with E-state index in [1.807, 2.05) is 12.1 Å². The van der Waals surface area contributed by atoms with Gasteiger partial charge in [-0.1, -0.05) is 26.0 Å². The zero-order valence-corrected chi connectivity index (χ0v) is 12.8. The van der Waals surface area contributed by atoms with Gasteiger partial charge in [-0.25, -0.2) is 8.42 Å². The lowest BCUT2D eigenvalue weighted by atomic mass is 10.0. The number of sulfonamides is 1. The highest BCUT2D eigenvalue weighted by atomic mass is 32.2. The van der Waals surface area contributed by atoms with Crippen molar-refractivity contribution in [1.29, 1.82) is 0 Å². The van der Waals surface area contributed by atoms with Gasteiger partial charge in [0.2, 0.25) is 10.0 Å². The molecule has 108 valence electrons. The van der Waals surface area contributed by atoms with Crippen LogP contribution in [0, 0.1) is 5.92 Å². The zero-order valence-electron chi connectivity index (χ0n) is 12.0. The van der Waals surface area contributed by atoms with Crippen molar-refractivity contribution in [3.8, 4) is 0 Å². The fourth-order valence-corrected chi connectivity index (χ4v) is 3.17. The third-order valence-electron chi connectivity index (χ3n) is 2.80. The first kappa shape index (κ1) is 16.1. The molecule has 1 aromatic carbocycles. The van der Waals surface area contributed by atoms with E-state index in [1.54, 1.807) is 19.1 Å². The number of rotatable bonds is 6. The molecule has 1 atom stereocenters. The largest absolute Gasteiger partial charge is 0.392 e. The normalized spacial score (nSPS) is 14.1. The molecule has 5 heteroatoms. The highest BCUT2D eigenvalue weighted by molar-refractivity contribution is 7.89. The molecular formula is C14H23NO3S. The Labute approximate surface area is 116 Å². The Kier molecular flexibility index (Phi) is 5.52. The molecule has 0 bridgehead atoms. The van der Waals surface area contributed by atoms with E-state index < -0.39 is 16.1 Å². The van der Waals surface area contributed by atoms with E-state index >= 15 is 0 Å². The van der Waals surface area contributed by atoms with Crippen molar-refractivity contribution in [3.63, 3.8) is 0 Å². The molecule has 0 heterocycles. The maximum absolute atomic E-state index is 12.2. The number of benzene rings is 1. The summed E-state index contributed by atoms with van der Waals surface area (Å²) >= 11 is 0. The van der Waals surface area contributed by atoms with Crippen molar-refractivity contribution in [2.24, 2.45) is 5.92 Å². The van der Waals surface area contributed by atoms with Crippen molar-refractivity contribution in [1.82, 2.24) is 4.31 Å². The van der Waals surface area contributed by atoms with Gasteiger partial charge in [-0.15, -0.1) is 0 Å². The summed E-state index contributed by atoms with van der Waals surface area (Å²) in [6.07, 6.45) is 0.254. The molecule has 1 unspecified atom stereocenters. The average Bonchev–Trinajstić information content (AvgIpc) is 2.27. The number of aliphatic hydroxyl groups excluding tert-OH is 1. The van der Waals surface area contributed by atoms with E-state index in [2.05, 4.69) is 13.8 Å². The van der Waals surface area contributed by atoms with Crippen molar-refractivity contribution >= 4 is 10.0 Å². The summed E-state index contributed by atoms with van der Waals surface area (Å²) in [6.45, 7) is 5.91. The highest BCUT2D eigenvalue weighted by Crippen LogP contribution is 2.17. The molecule has 0 aromatic heterocycles. The van der Waals surface area contributed by atoms with Crippen LogP contribution in [0.3, 0.4) is 0 Å². The third kappa shape index (κ3) is 4.60. The molecule has 0 saturated heterocycles. The molecule has 0 aliphatic carbocycles. The van der Waals surface area contributed by atoms with Crippen LogP contribution < -0.4 is 0 Å². The van der Waals surface area contributed by atoms with Crippen LogP contribution in [0.15, 0.2) is 29.2 Å². The predicted molar refractivity (Wildman–Crippen MR) is 76.5 cm³/mol. The van der Waals surface area contributed by atoms with Crippen molar-refractivity contribution in [2.75, 3.05) is 13.6 Å². The lowest BCUT2D eigenvalue weighted by molar-refractivity contribution is 0.171. The minimum atomic E-state index is -3.51. The maximum Gasteiger partial charge on any atom is 0.242 e. The van der Waals surface area contributed by atoms with Crippen LogP contribution in [0.4, 0.5) is 0 Å². The first-order valence-corrected chi connectivity index (χ1v) is 7.91. The summed E-state index contributed by atoms with van der Waals surface area (Å²) in [4.78, 5) is 0.267. The average molecular weight is 285 g/mol. The molecule has 1 N–H and O–H groups in total. The van der Waals surface area contributed by atoms with Gasteiger partial charge in [0.25, 0.3) is 0 Å². The van der Waals surface area contributed by atoms with Crippen LogP contribution in [0.5, 0.6) is 0 Å². The van der Waals surface area contributed by atoms with Gasteiger partial charge in [0.05, 0.1) is 11.0 Å². The second kappa shape index (κ2) is 6.50. The molecule has 0 radical (unpaired) electrons. The third-order valence-corrected chi connectivity index (χ3v) is 4.63. The lowest BCUT2D eigenvalue weighted by Gasteiger charge is -2.18. The van der Waals surface area contributed by atoms with E-state index in [1.165, 1.54) is 11.4 Å². The molecule has 4 nitrogen and oxygen atoms in total. The standard InChI is InChI=1S/C14H23NO3S/c1-11(2)9-13-5-7-14(8-6-13)19(17,18)15(4)10-12(3)16/h5-8,11-12,16H,9-10H2,1-4H3. The number of nitrogens with zero attached hydrogens (tertiary/aromatic N) is 1. The van der Waals surface area contributed by atoms with E-state index in [9.17, 15) is 13.5 Å². The monoisotopic (exact) mass is 285 g/mol. The smallest absolute Gasteiger partial charge is 0.242 e. The van der Waals surface area contributed by atoms with Crippen molar-refractivity contribution in [2.45, 2.75) is 38.2 Å². The first-order chi connectivity index (χ1) is 8.73. The topological polar surface area (TPSA) is 57.6 Å². The summed E-state index contributed by atoms with van der Waals surface area (Å²) in [6, 6.07) is 6.96. The minimum absolute atomic E-state index is 0.0933. The van der Waals surface area contributed by atoms with Gasteiger partial charge < -0.3 is 5.11 Å². The second-order valence-electron chi connectivity index (χ2n) is 5.38. The van der Waals surface area contributed by atoms with Gasteiger partial charge in [0.1, 0.15) is 0 Å². The van der Waals surface area contributed by atoms with Gasteiger partial charge in [-0.05, 0) is 37.0 Å². The summed E-state index contributed by atoms with van der Waals surface area (Å²) in [5, 5.41) is 9.27. The van der Waals surface area contributed by atoms with Gasteiger partial charge in [-0.3, -0.25) is 0 Å². The number of aliphatic hydroxyl groups is 1. The predicted octanol–water partition coefficient (Wildman–Crippen LogP) is 1.89. The van der Waals surface area contributed by atoms with E-state index in [-0.39, 0.29) is 11.4 Å². The van der Waals surface area contributed by atoms with Gasteiger partial charge >= 0.3 is 0 Å². The SMILES string of the molecule is CC(C)Cc1ccc(S(=O)(=O)N(C)CC(C)O)cc1. The Morgan fingerprint density at radius 2 is 1.68 bits per heavy atom. The number of hydrogen-bond donors (Lipinski definition) is 1. The van der Waals surface area contributed by atoms with Gasteiger partial charge in [-0.2, -0.15) is 4.31 Å². The Morgan fingerprint density at radius 3 is 2.11 bits per heavy atom. The van der Waals surface area contributed by atoms with Crippen LogP contribution in [-0.4, -0.2) is 37.5 Å². The number of hydrogen-bond acceptors (Lipinski definition) is 3. The summed E-state index contributed by atoms with van der Waals surface area (Å²) in [5.74, 6) is 0.542. The molecule has 1 aromatic rings. The lowest BCUT2D eigenvalue weighted by Crippen LogP contribution is -2.33. The highest BCUT2D eigenvalue weighted by Gasteiger charge is 2.21. The van der Waals surface area contributed by atoms with Gasteiger partial charge in [0, 0.05) is 13.6 Å². The van der Waals surface area contributed by atoms with Crippen molar-refractivity contribution < 1.29 is 13.5 Å². The fourth-order valence-electron chi connectivity index (χ4n) is 1.92. The van der Waals surface area contributed by atoms with Crippen LogP contribution in [-0.2, 0) is 16.4 Å². The Hall–Kier alpha value is -0.910. The van der Waals surface area contributed by atoms with Crippen LogP contribution in [0.2, 0.25) is 0 Å². The quantitative estimate of drug-likeness (QED) is 0.868. The fraction of sp³-hybridized carbons (Fsp3) is 0.571. The van der Waals surface area contributed by atoms with Crippen LogP contribution >= 0.6 is 0 Å². The van der Waals surface area contributed by atoms with Gasteiger partial charge in [0.15, 0.2) is 0 Å². The second-order valence-corrected chi connectivity index (χ2v) is 7.42. The molecular weight excluding hydrogens is 262 g/mol. The summed E-state index contributed by atoms with van der Waals surface area (Å²) in [7, 11) is -2.03. The molecule has 0 spiro atoms. The van der Waals surface area contributed by atoms with Crippen LogP contribution in [0.25, 0.3) is 0 Å². The van der Waals surface area contributed by atoms with Crippen molar-refractivity contribution in [3.05, 3.63) is 29.8 Å². The molecule has 1 rings (SSSR count). The molecule has 0 aliphatic rings. The van der Waals surface area contributed by atoms with E-state index in [0.29, 0.717) is 5.92 Å². The number of likely N-dealkylation sites (N-methyl/N-ethyl adjacent to an activating group) is 1. The molecule has 0 aliphatic heterocycles. The Balaban J connectivity index is 2.90. The minimum Gasteiger partial charge on any atom is -0.392 e. The summed E-state index contributed by atoms with van der Waals surface area (Å²) in [5.41, 5.74) is 1.13. The molecule has 0 saturated carbocycles. The molecule has 19 heavy (non-hydrogen) atoms. The molecule has 0 amide bonds. The molecule has 0 fully saturated rings. The maximum atomic E-state index is 12.2. The first-order valence-electron chi connectivity index (χ1n) is 6.47. The zero-order chi connectivity index (χ0) is 14.6. The van der Waals surface area contributed by atoms with E-state index in [4.69, 9.17) is 0 Å². The Bertz CT molecular complexity index is 492. The summed E-state index contributed by atoms with van der Waals surface area (Å²) < 4.78 is 25.6. The Morgan fingerprint density at radius 1 is 1.16 bits per heavy atom. The van der Waals surface area contributed by atoms with E-state index in [0.717, 1.165) is 12.0 Å². The van der Waals surface area contributed by atoms with Crippen LogP contribution in [0.1, 0.15) is 26.3 Å².